The van der Waals surface area contributed by atoms with Gasteiger partial charge < -0.3 is 19.7 Å². The summed E-state index contributed by atoms with van der Waals surface area (Å²) in [6.45, 7) is 6.12. The summed E-state index contributed by atoms with van der Waals surface area (Å²) in [5, 5.41) is 3.64. The lowest BCUT2D eigenvalue weighted by atomic mass is 9.92. The number of esters is 2. The molecular formula is C18H24N2O4S. The standard InChI is InChI=1S/C18H24N2O4S/c1-11-7-12(2)10-20(9-11)18(25)19-15-8-13(16(21)23-3)5-6-14(15)17(22)24-4/h5-6,8,11-12H,7,9-10H2,1-4H3,(H,19,25)/t11-,12-/m1/s1. The van der Waals surface area contributed by atoms with Crippen molar-refractivity contribution in [2.45, 2.75) is 20.3 Å². The summed E-state index contributed by atoms with van der Waals surface area (Å²) in [5.41, 5.74) is 1.09. The van der Waals surface area contributed by atoms with Crippen molar-refractivity contribution < 1.29 is 19.1 Å². The van der Waals surface area contributed by atoms with E-state index >= 15 is 0 Å². The van der Waals surface area contributed by atoms with Crippen molar-refractivity contribution in [1.29, 1.82) is 0 Å². The fourth-order valence-electron chi connectivity index (χ4n) is 3.20. The SMILES string of the molecule is COC(=O)c1ccc(C(=O)OC)c(NC(=S)N2C[C@H](C)C[C@@H](C)C2)c1. The number of piperidine rings is 1. The number of anilines is 1. The molecule has 1 saturated heterocycles. The predicted octanol–water partition coefficient (Wildman–Crippen LogP) is 2.93. The Balaban J connectivity index is 2.27. The normalized spacial score (nSPS) is 19.9. The lowest BCUT2D eigenvalue weighted by Gasteiger charge is -2.36. The summed E-state index contributed by atoms with van der Waals surface area (Å²) in [4.78, 5) is 25.9. The van der Waals surface area contributed by atoms with Crippen molar-refractivity contribution in [1.82, 2.24) is 4.90 Å². The van der Waals surface area contributed by atoms with Gasteiger partial charge in [0.05, 0.1) is 31.0 Å². The molecule has 1 aromatic carbocycles. The maximum absolute atomic E-state index is 12.0. The van der Waals surface area contributed by atoms with Crippen LogP contribution in [0.15, 0.2) is 18.2 Å². The van der Waals surface area contributed by atoms with Crippen LogP contribution in [0.2, 0.25) is 0 Å². The number of benzene rings is 1. The van der Waals surface area contributed by atoms with Gasteiger partial charge in [0, 0.05) is 13.1 Å². The average molecular weight is 364 g/mol. The van der Waals surface area contributed by atoms with E-state index in [1.54, 1.807) is 6.07 Å². The molecule has 1 aliphatic rings. The quantitative estimate of drug-likeness (QED) is 0.653. The van der Waals surface area contributed by atoms with Gasteiger partial charge in [0.2, 0.25) is 0 Å². The molecule has 0 bridgehead atoms. The first kappa shape index (κ1) is 19.2. The number of hydrogen-bond acceptors (Lipinski definition) is 5. The molecule has 1 fully saturated rings. The van der Waals surface area contributed by atoms with Gasteiger partial charge in [-0.15, -0.1) is 0 Å². The van der Waals surface area contributed by atoms with Crippen LogP contribution in [0.1, 0.15) is 41.0 Å². The minimum Gasteiger partial charge on any atom is -0.465 e. The maximum Gasteiger partial charge on any atom is 0.339 e. The van der Waals surface area contributed by atoms with Crippen LogP contribution >= 0.6 is 12.2 Å². The Morgan fingerprint density at radius 2 is 1.72 bits per heavy atom. The van der Waals surface area contributed by atoms with E-state index in [0.717, 1.165) is 13.1 Å². The van der Waals surface area contributed by atoms with Gasteiger partial charge in [-0.1, -0.05) is 13.8 Å². The Hall–Kier alpha value is -2.15. The van der Waals surface area contributed by atoms with Crippen molar-refractivity contribution in [3.05, 3.63) is 29.3 Å². The first-order valence-electron chi connectivity index (χ1n) is 8.22. The fraction of sp³-hybridized carbons (Fsp3) is 0.500. The molecule has 0 aromatic heterocycles. The van der Waals surface area contributed by atoms with Gasteiger partial charge in [0.1, 0.15) is 0 Å². The minimum absolute atomic E-state index is 0.315. The molecule has 136 valence electrons. The molecule has 0 amide bonds. The molecule has 7 heteroatoms. The summed E-state index contributed by atoms with van der Waals surface area (Å²) in [5.74, 6) is 0.114. The Morgan fingerprint density at radius 1 is 1.12 bits per heavy atom. The number of carbonyl (C=O) groups excluding carboxylic acids is 2. The zero-order chi connectivity index (χ0) is 18.6. The van der Waals surface area contributed by atoms with Crippen LogP contribution in [-0.4, -0.2) is 49.3 Å². The largest absolute Gasteiger partial charge is 0.465 e. The van der Waals surface area contributed by atoms with E-state index in [9.17, 15) is 9.59 Å². The zero-order valence-electron chi connectivity index (χ0n) is 15.0. The lowest BCUT2D eigenvalue weighted by molar-refractivity contribution is 0.0587. The van der Waals surface area contributed by atoms with E-state index in [1.165, 1.54) is 32.8 Å². The maximum atomic E-state index is 12.0. The van der Waals surface area contributed by atoms with Gasteiger partial charge in [0.15, 0.2) is 5.11 Å². The molecule has 1 heterocycles. The number of nitrogens with zero attached hydrogens (tertiary/aromatic N) is 1. The van der Waals surface area contributed by atoms with Crippen molar-refractivity contribution in [3.8, 4) is 0 Å². The van der Waals surface area contributed by atoms with Crippen LogP contribution in [0, 0.1) is 11.8 Å². The molecule has 2 atom stereocenters. The molecule has 2 rings (SSSR count). The van der Waals surface area contributed by atoms with Crippen LogP contribution in [0.25, 0.3) is 0 Å². The predicted molar refractivity (Wildman–Crippen MR) is 99.9 cm³/mol. The van der Waals surface area contributed by atoms with Gasteiger partial charge in [-0.25, -0.2) is 9.59 Å². The van der Waals surface area contributed by atoms with E-state index in [2.05, 4.69) is 24.1 Å². The molecule has 1 aromatic rings. The van der Waals surface area contributed by atoms with Crippen LogP contribution < -0.4 is 5.32 Å². The molecule has 0 radical (unpaired) electrons. The molecule has 0 aliphatic carbocycles. The minimum atomic E-state index is -0.498. The summed E-state index contributed by atoms with van der Waals surface area (Å²) in [6, 6.07) is 4.61. The molecule has 6 nitrogen and oxygen atoms in total. The topological polar surface area (TPSA) is 67.9 Å². The second-order valence-corrected chi connectivity index (χ2v) is 6.91. The van der Waals surface area contributed by atoms with Crippen LogP contribution in [-0.2, 0) is 9.47 Å². The molecular weight excluding hydrogens is 340 g/mol. The summed E-state index contributed by atoms with van der Waals surface area (Å²) in [6.07, 6.45) is 1.17. The highest BCUT2D eigenvalue weighted by Crippen LogP contribution is 2.24. The van der Waals surface area contributed by atoms with Gasteiger partial charge in [0.25, 0.3) is 0 Å². The number of likely N-dealkylation sites (tertiary alicyclic amines) is 1. The molecule has 1 aliphatic heterocycles. The van der Waals surface area contributed by atoms with Crippen molar-refractivity contribution in [2.75, 3.05) is 32.6 Å². The van der Waals surface area contributed by atoms with E-state index in [0.29, 0.717) is 33.8 Å². The zero-order valence-corrected chi connectivity index (χ0v) is 15.8. The highest BCUT2D eigenvalue weighted by molar-refractivity contribution is 7.80. The molecule has 0 unspecified atom stereocenters. The monoisotopic (exact) mass is 364 g/mol. The first-order chi connectivity index (χ1) is 11.8. The van der Waals surface area contributed by atoms with Gasteiger partial charge in [-0.3, -0.25) is 0 Å². The highest BCUT2D eigenvalue weighted by atomic mass is 32.1. The third kappa shape index (κ3) is 4.69. The smallest absolute Gasteiger partial charge is 0.339 e. The molecule has 0 spiro atoms. The Kier molecular flexibility index (Phi) is 6.36. The van der Waals surface area contributed by atoms with E-state index in [4.69, 9.17) is 21.7 Å². The summed E-state index contributed by atoms with van der Waals surface area (Å²) in [7, 11) is 2.62. The number of ether oxygens (including phenoxy) is 2. The molecule has 25 heavy (non-hydrogen) atoms. The Morgan fingerprint density at radius 3 is 2.28 bits per heavy atom. The van der Waals surface area contributed by atoms with Crippen LogP contribution in [0.3, 0.4) is 0 Å². The second-order valence-electron chi connectivity index (χ2n) is 6.52. The first-order valence-corrected chi connectivity index (χ1v) is 8.63. The number of carbonyl (C=O) groups is 2. The fourth-order valence-corrected chi connectivity index (χ4v) is 3.46. The highest BCUT2D eigenvalue weighted by Gasteiger charge is 2.24. The third-order valence-corrected chi connectivity index (χ3v) is 4.60. The van der Waals surface area contributed by atoms with Gasteiger partial charge >= 0.3 is 11.9 Å². The third-order valence-electron chi connectivity index (χ3n) is 4.24. The molecule has 0 saturated carbocycles. The molecule has 1 N–H and O–H groups in total. The second kappa shape index (κ2) is 8.29. The van der Waals surface area contributed by atoms with Gasteiger partial charge in [-0.05, 0) is 48.7 Å². The summed E-state index contributed by atoms with van der Waals surface area (Å²) < 4.78 is 9.55. The van der Waals surface area contributed by atoms with Crippen molar-refractivity contribution >= 4 is 35.0 Å². The average Bonchev–Trinajstić information content (AvgIpc) is 2.59. The lowest BCUT2D eigenvalue weighted by Crippen LogP contribution is -2.44. The van der Waals surface area contributed by atoms with E-state index in [-0.39, 0.29) is 0 Å². The number of hydrogen-bond donors (Lipinski definition) is 1. The van der Waals surface area contributed by atoms with E-state index in [1.807, 2.05) is 0 Å². The summed E-state index contributed by atoms with van der Waals surface area (Å²) >= 11 is 5.53. The van der Waals surface area contributed by atoms with E-state index < -0.39 is 11.9 Å². The van der Waals surface area contributed by atoms with Crippen LogP contribution in [0.4, 0.5) is 5.69 Å². The van der Waals surface area contributed by atoms with Crippen LogP contribution in [0.5, 0.6) is 0 Å². The Bertz CT molecular complexity index is 667. The number of nitrogens with one attached hydrogen (secondary N) is 1. The number of rotatable bonds is 3. The Labute approximate surface area is 153 Å². The van der Waals surface area contributed by atoms with Gasteiger partial charge in [-0.2, -0.15) is 0 Å². The number of thiocarbonyl (C=S) groups is 1. The van der Waals surface area contributed by atoms with Crippen molar-refractivity contribution in [2.24, 2.45) is 11.8 Å². The number of methoxy groups -OCH3 is 2. The van der Waals surface area contributed by atoms with Crippen molar-refractivity contribution in [3.63, 3.8) is 0 Å².